The number of methoxy groups -OCH3 is 4. The Kier molecular flexibility index (Phi) is 5.75. The SMILES string of the molecule is COc1ccnc(Cn2cc[n+](Cc3nccc(OC)c3OC)c2)c1OC. The molecule has 0 aromatic carbocycles. The minimum absolute atomic E-state index is 0.552. The van der Waals surface area contributed by atoms with Gasteiger partial charge in [0.1, 0.15) is 36.9 Å². The van der Waals surface area contributed by atoms with E-state index in [-0.39, 0.29) is 0 Å². The summed E-state index contributed by atoms with van der Waals surface area (Å²) in [6.07, 6.45) is 9.32. The lowest BCUT2D eigenvalue weighted by Crippen LogP contribution is -2.32. The summed E-state index contributed by atoms with van der Waals surface area (Å²) in [7, 11) is 6.44. The van der Waals surface area contributed by atoms with Gasteiger partial charge in [-0.2, -0.15) is 0 Å². The number of rotatable bonds is 8. The van der Waals surface area contributed by atoms with Crippen LogP contribution in [0.1, 0.15) is 11.4 Å². The molecule has 27 heavy (non-hydrogen) atoms. The van der Waals surface area contributed by atoms with Gasteiger partial charge in [-0.25, -0.2) is 9.13 Å². The molecule has 3 aromatic rings. The van der Waals surface area contributed by atoms with Crippen LogP contribution in [0, 0.1) is 0 Å². The van der Waals surface area contributed by atoms with Crippen LogP contribution in [-0.2, 0) is 13.1 Å². The second kappa shape index (κ2) is 8.39. The zero-order valence-electron chi connectivity index (χ0n) is 15.9. The molecule has 0 amide bonds. The van der Waals surface area contributed by atoms with Crippen LogP contribution >= 0.6 is 0 Å². The molecule has 3 aromatic heterocycles. The van der Waals surface area contributed by atoms with Gasteiger partial charge in [-0.15, -0.1) is 0 Å². The van der Waals surface area contributed by atoms with Crippen molar-refractivity contribution in [1.82, 2.24) is 14.5 Å². The van der Waals surface area contributed by atoms with E-state index in [2.05, 4.69) is 9.97 Å². The van der Waals surface area contributed by atoms with Crippen molar-refractivity contribution in [2.45, 2.75) is 13.1 Å². The molecule has 0 aliphatic rings. The molecule has 0 fully saturated rings. The molecule has 8 nitrogen and oxygen atoms in total. The van der Waals surface area contributed by atoms with Gasteiger partial charge >= 0.3 is 0 Å². The first-order chi connectivity index (χ1) is 13.2. The van der Waals surface area contributed by atoms with Crippen LogP contribution in [0.3, 0.4) is 0 Å². The molecule has 0 spiro atoms. The minimum Gasteiger partial charge on any atom is -0.493 e. The summed E-state index contributed by atoms with van der Waals surface area (Å²) in [5.41, 5.74) is 1.58. The van der Waals surface area contributed by atoms with Gasteiger partial charge < -0.3 is 18.9 Å². The third kappa shape index (κ3) is 3.94. The van der Waals surface area contributed by atoms with E-state index < -0.39 is 0 Å². The van der Waals surface area contributed by atoms with E-state index in [4.69, 9.17) is 18.9 Å². The first-order valence-corrected chi connectivity index (χ1v) is 8.36. The number of ether oxygens (including phenoxy) is 4. The van der Waals surface area contributed by atoms with Crippen LogP contribution in [-0.4, -0.2) is 43.0 Å². The Morgan fingerprint density at radius 1 is 0.852 bits per heavy atom. The third-order valence-electron chi connectivity index (χ3n) is 4.14. The predicted octanol–water partition coefficient (Wildman–Crippen LogP) is 1.70. The number of pyridine rings is 2. The zero-order valence-corrected chi connectivity index (χ0v) is 15.9. The second-order valence-corrected chi connectivity index (χ2v) is 5.74. The molecule has 0 saturated carbocycles. The number of hydrogen-bond acceptors (Lipinski definition) is 6. The van der Waals surface area contributed by atoms with E-state index in [0.29, 0.717) is 36.1 Å². The van der Waals surface area contributed by atoms with Crippen LogP contribution in [0.25, 0.3) is 0 Å². The molecule has 0 N–H and O–H groups in total. The molecule has 142 valence electrons. The highest BCUT2D eigenvalue weighted by Crippen LogP contribution is 2.30. The van der Waals surface area contributed by atoms with Gasteiger partial charge in [0.15, 0.2) is 23.0 Å². The average Bonchev–Trinajstić information content (AvgIpc) is 3.14. The lowest BCUT2D eigenvalue weighted by Gasteiger charge is -2.10. The quantitative estimate of drug-likeness (QED) is 0.561. The molecule has 8 heteroatoms. The highest BCUT2D eigenvalue weighted by Gasteiger charge is 2.17. The lowest BCUT2D eigenvalue weighted by atomic mass is 10.3. The molecule has 0 aliphatic carbocycles. The van der Waals surface area contributed by atoms with Crippen LogP contribution in [0.15, 0.2) is 43.2 Å². The molecule has 0 atom stereocenters. The van der Waals surface area contributed by atoms with E-state index in [1.165, 1.54) is 0 Å². The topological polar surface area (TPSA) is 71.5 Å². The summed E-state index contributed by atoms with van der Waals surface area (Å²) in [5.74, 6) is 2.59. The van der Waals surface area contributed by atoms with E-state index in [1.807, 2.05) is 27.9 Å². The summed E-state index contributed by atoms with van der Waals surface area (Å²) in [4.78, 5) is 8.83. The maximum absolute atomic E-state index is 5.45. The van der Waals surface area contributed by atoms with E-state index in [9.17, 15) is 0 Å². The Bertz CT molecular complexity index is 838. The molecule has 3 heterocycles. The molecular weight excluding hydrogens is 348 g/mol. The molecule has 0 bridgehead atoms. The van der Waals surface area contributed by atoms with Crippen molar-refractivity contribution in [2.75, 3.05) is 28.4 Å². The van der Waals surface area contributed by atoms with Crippen molar-refractivity contribution in [3.05, 3.63) is 54.6 Å². The van der Waals surface area contributed by atoms with Crippen molar-refractivity contribution < 1.29 is 23.5 Å². The number of hydrogen-bond donors (Lipinski definition) is 0. The van der Waals surface area contributed by atoms with E-state index >= 15 is 0 Å². The monoisotopic (exact) mass is 371 g/mol. The summed E-state index contributed by atoms with van der Waals surface area (Å²) in [6, 6.07) is 3.55. The third-order valence-corrected chi connectivity index (χ3v) is 4.14. The number of imidazole rings is 1. The standard InChI is InChI=1S/C19H23N4O4/c1-24-16-5-7-20-14(18(16)26-3)11-22-9-10-23(13-22)12-15-19(27-4)17(25-2)6-8-21-15/h5-10,13H,11-12H2,1-4H3/q+1. The normalized spacial score (nSPS) is 10.5. The van der Waals surface area contributed by atoms with Crippen molar-refractivity contribution in [3.63, 3.8) is 0 Å². The molecule has 0 saturated heterocycles. The Morgan fingerprint density at radius 3 is 2.04 bits per heavy atom. The van der Waals surface area contributed by atoms with Gasteiger partial charge in [-0.3, -0.25) is 9.97 Å². The molecule has 3 rings (SSSR count). The average molecular weight is 371 g/mol. The first kappa shape index (κ1) is 18.5. The van der Waals surface area contributed by atoms with Gasteiger partial charge in [0.05, 0.1) is 28.4 Å². The second-order valence-electron chi connectivity index (χ2n) is 5.74. The maximum Gasteiger partial charge on any atom is 0.244 e. The van der Waals surface area contributed by atoms with E-state index in [1.54, 1.807) is 53.0 Å². The maximum atomic E-state index is 5.45. The Morgan fingerprint density at radius 2 is 1.44 bits per heavy atom. The smallest absolute Gasteiger partial charge is 0.244 e. The Balaban J connectivity index is 1.81. The van der Waals surface area contributed by atoms with Crippen molar-refractivity contribution in [1.29, 1.82) is 0 Å². The predicted molar refractivity (Wildman–Crippen MR) is 97.5 cm³/mol. The summed E-state index contributed by atoms with van der Waals surface area (Å²) in [6.45, 7) is 1.10. The van der Waals surface area contributed by atoms with Gasteiger partial charge in [0.25, 0.3) is 0 Å². The summed E-state index contributed by atoms with van der Waals surface area (Å²) in [5, 5.41) is 0. The van der Waals surface area contributed by atoms with E-state index in [0.717, 1.165) is 11.4 Å². The number of aromatic nitrogens is 4. The highest BCUT2D eigenvalue weighted by atomic mass is 16.5. The van der Waals surface area contributed by atoms with Crippen molar-refractivity contribution >= 4 is 0 Å². The zero-order chi connectivity index (χ0) is 19.2. The Hall–Kier alpha value is -3.29. The minimum atomic E-state index is 0.552. The van der Waals surface area contributed by atoms with Gasteiger partial charge in [0, 0.05) is 24.5 Å². The van der Waals surface area contributed by atoms with Crippen molar-refractivity contribution in [3.8, 4) is 23.0 Å². The van der Waals surface area contributed by atoms with Crippen molar-refractivity contribution in [2.24, 2.45) is 0 Å². The van der Waals surface area contributed by atoms with Crippen LogP contribution in [0.2, 0.25) is 0 Å². The largest absolute Gasteiger partial charge is 0.493 e. The summed E-state index contributed by atoms with van der Waals surface area (Å²) < 4.78 is 25.6. The summed E-state index contributed by atoms with van der Waals surface area (Å²) >= 11 is 0. The van der Waals surface area contributed by atoms with Gasteiger partial charge in [0.2, 0.25) is 6.33 Å². The van der Waals surface area contributed by atoms with Crippen LogP contribution in [0.4, 0.5) is 0 Å². The fraction of sp³-hybridized carbons (Fsp3) is 0.316. The highest BCUT2D eigenvalue weighted by molar-refractivity contribution is 5.43. The fourth-order valence-electron chi connectivity index (χ4n) is 2.90. The van der Waals surface area contributed by atoms with Gasteiger partial charge in [-0.1, -0.05) is 0 Å². The molecule has 0 unspecified atom stereocenters. The first-order valence-electron chi connectivity index (χ1n) is 8.36. The van der Waals surface area contributed by atoms with Crippen LogP contribution in [0.5, 0.6) is 23.0 Å². The molecule has 0 radical (unpaired) electrons. The fourth-order valence-corrected chi connectivity index (χ4v) is 2.90. The Labute approximate surface area is 157 Å². The lowest BCUT2D eigenvalue weighted by molar-refractivity contribution is -0.688. The molecular formula is C19H23N4O4+. The van der Waals surface area contributed by atoms with Gasteiger partial charge in [-0.05, 0) is 0 Å². The van der Waals surface area contributed by atoms with Crippen LogP contribution < -0.4 is 23.5 Å². The number of nitrogens with zero attached hydrogens (tertiary/aromatic N) is 4. The molecule has 0 aliphatic heterocycles.